The Labute approximate surface area is 88.6 Å². The van der Waals surface area contributed by atoms with E-state index >= 15 is 0 Å². The van der Waals surface area contributed by atoms with Crippen molar-refractivity contribution in [1.82, 2.24) is 4.90 Å². The molecule has 2 N–H and O–H groups in total. The quantitative estimate of drug-likeness (QED) is 0.573. The molecule has 0 saturated carbocycles. The van der Waals surface area contributed by atoms with E-state index in [0.717, 1.165) is 45.2 Å². The molecule has 0 spiro atoms. The normalized spacial score (nSPS) is 11.6. The molecule has 0 atom stereocenters. The first kappa shape index (κ1) is 13.9. The Kier molecular flexibility index (Phi) is 9.35. The van der Waals surface area contributed by atoms with Gasteiger partial charge in [-0.25, -0.2) is 0 Å². The molecule has 0 bridgehead atoms. The van der Waals surface area contributed by atoms with Gasteiger partial charge < -0.3 is 15.4 Å². The van der Waals surface area contributed by atoms with E-state index in [1.807, 2.05) is 0 Å². The van der Waals surface area contributed by atoms with E-state index in [4.69, 9.17) is 10.5 Å². The number of ether oxygens (including phenoxy) is 1. The van der Waals surface area contributed by atoms with Gasteiger partial charge in [-0.3, -0.25) is 0 Å². The third kappa shape index (κ3) is 9.96. The first-order valence-corrected chi connectivity index (χ1v) is 5.63. The molecular weight excluding hydrogens is 176 g/mol. The van der Waals surface area contributed by atoms with Crippen LogP contribution < -0.4 is 5.73 Å². The lowest BCUT2D eigenvalue weighted by molar-refractivity contribution is 0.109. The Morgan fingerprint density at radius 2 is 1.93 bits per heavy atom. The minimum absolute atomic E-state index is 0.725. The molecule has 0 aliphatic rings. The summed E-state index contributed by atoms with van der Waals surface area (Å²) in [4.78, 5) is 2.32. The fourth-order valence-corrected chi connectivity index (χ4v) is 1.10. The van der Waals surface area contributed by atoms with Gasteiger partial charge in [-0.15, -0.1) is 0 Å². The molecule has 0 aromatic heterocycles. The lowest BCUT2D eigenvalue weighted by Gasteiger charge is -2.17. The van der Waals surface area contributed by atoms with E-state index in [1.165, 1.54) is 6.42 Å². The fourth-order valence-electron chi connectivity index (χ4n) is 1.10. The molecule has 0 aromatic carbocycles. The second-order valence-corrected chi connectivity index (χ2v) is 4.24. The van der Waals surface area contributed by atoms with Crippen molar-refractivity contribution in [1.29, 1.82) is 0 Å². The van der Waals surface area contributed by atoms with Gasteiger partial charge in [0.15, 0.2) is 0 Å². The molecule has 0 amide bonds. The molecule has 14 heavy (non-hydrogen) atoms. The van der Waals surface area contributed by atoms with Gasteiger partial charge in [0.1, 0.15) is 0 Å². The molecule has 86 valence electrons. The van der Waals surface area contributed by atoms with Gasteiger partial charge in [0, 0.05) is 13.2 Å². The summed E-state index contributed by atoms with van der Waals surface area (Å²) in [5.74, 6) is 0.788. The van der Waals surface area contributed by atoms with Crippen molar-refractivity contribution in [2.45, 2.75) is 26.7 Å². The highest BCUT2D eigenvalue weighted by Crippen LogP contribution is 2.00. The zero-order valence-corrected chi connectivity index (χ0v) is 9.96. The number of hydrogen-bond acceptors (Lipinski definition) is 3. The highest BCUT2D eigenvalue weighted by atomic mass is 16.5. The van der Waals surface area contributed by atoms with Gasteiger partial charge in [0.05, 0.1) is 6.61 Å². The first-order chi connectivity index (χ1) is 6.66. The zero-order chi connectivity index (χ0) is 10.8. The van der Waals surface area contributed by atoms with Crippen LogP contribution >= 0.6 is 0 Å². The molecule has 0 saturated heterocycles. The average Bonchev–Trinajstić information content (AvgIpc) is 2.14. The molecular formula is C11H26N2O. The summed E-state index contributed by atoms with van der Waals surface area (Å²) in [6.07, 6.45) is 2.23. The van der Waals surface area contributed by atoms with Gasteiger partial charge in [-0.05, 0) is 38.9 Å². The van der Waals surface area contributed by atoms with Crippen molar-refractivity contribution in [2.24, 2.45) is 11.7 Å². The second-order valence-electron chi connectivity index (χ2n) is 4.24. The average molecular weight is 202 g/mol. The van der Waals surface area contributed by atoms with Crippen molar-refractivity contribution in [3.05, 3.63) is 0 Å². The summed E-state index contributed by atoms with van der Waals surface area (Å²) in [6, 6.07) is 0. The summed E-state index contributed by atoms with van der Waals surface area (Å²) in [7, 11) is 2.15. The summed E-state index contributed by atoms with van der Waals surface area (Å²) < 4.78 is 5.43. The topological polar surface area (TPSA) is 38.5 Å². The molecule has 0 aliphatic heterocycles. The predicted molar refractivity (Wildman–Crippen MR) is 61.4 cm³/mol. The molecule has 3 nitrogen and oxygen atoms in total. The smallest absolute Gasteiger partial charge is 0.0593 e. The molecule has 0 unspecified atom stereocenters. The third-order valence-corrected chi connectivity index (χ3v) is 2.20. The minimum atomic E-state index is 0.725. The van der Waals surface area contributed by atoms with Crippen LogP contribution in [0.5, 0.6) is 0 Å². The Hall–Kier alpha value is -0.120. The second kappa shape index (κ2) is 9.44. The van der Waals surface area contributed by atoms with Crippen LogP contribution in [0.15, 0.2) is 0 Å². The molecule has 0 radical (unpaired) electrons. The van der Waals surface area contributed by atoms with Crippen LogP contribution in [0.3, 0.4) is 0 Å². The maximum absolute atomic E-state index is 5.43. The van der Waals surface area contributed by atoms with Crippen LogP contribution in [0.1, 0.15) is 26.7 Å². The monoisotopic (exact) mass is 202 g/mol. The Bertz CT molecular complexity index is 118. The Balaban J connectivity index is 3.14. The number of rotatable bonds is 9. The highest BCUT2D eigenvalue weighted by Gasteiger charge is 1.99. The van der Waals surface area contributed by atoms with Crippen LogP contribution in [0.4, 0.5) is 0 Å². The van der Waals surface area contributed by atoms with E-state index in [0.29, 0.717) is 0 Å². The van der Waals surface area contributed by atoms with Crippen LogP contribution in [-0.4, -0.2) is 44.8 Å². The van der Waals surface area contributed by atoms with E-state index in [2.05, 4.69) is 25.8 Å². The highest BCUT2D eigenvalue weighted by molar-refractivity contribution is 4.53. The first-order valence-electron chi connectivity index (χ1n) is 5.63. The maximum Gasteiger partial charge on any atom is 0.0593 e. The van der Waals surface area contributed by atoms with Crippen molar-refractivity contribution in [3.8, 4) is 0 Å². The number of nitrogens with zero attached hydrogens (tertiary/aromatic N) is 1. The predicted octanol–water partition coefficient (Wildman–Crippen LogP) is 1.33. The lowest BCUT2D eigenvalue weighted by Crippen LogP contribution is -2.25. The van der Waals surface area contributed by atoms with Gasteiger partial charge in [-0.2, -0.15) is 0 Å². The van der Waals surface area contributed by atoms with E-state index in [9.17, 15) is 0 Å². The third-order valence-electron chi connectivity index (χ3n) is 2.20. The number of likely N-dealkylation sites (N-methyl/N-ethyl adjacent to an activating group) is 1. The molecule has 0 aromatic rings. The summed E-state index contributed by atoms with van der Waals surface area (Å²) in [5, 5.41) is 0. The van der Waals surface area contributed by atoms with Crippen LogP contribution in [0.2, 0.25) is 0 Å². The minimum Gasteiger partial charge on any atom is -0.380 e. The lowest BCUT2D eigenvalue weighted by atomic mass is 10.1. The SMILES string of the molecule is CC(C)CCN(C)CCOCCCN. The van der Waals surface area contributed by atoms with Crippen LogP contribution in [0.25, 0.3) is 0 Å². The summed E-state index contributed by atoms with van der Waals surface area (Å²) in [6.45, 7) is 9.05. The van der Waals surface area contributed by atoms with E-state index < -0.39 is 0 Å². The van der Waals surface area contributed by atoms with Gasteiger partial charge in [0.25, 0.3) is 0 Å². The summed E-state index contributed by atoms with van der Waals surface area (Å²) >= 11 is 0. The van der Waals surface area contributed by atoms with Gasteiger partial charge in [0.2, 0.25) is 0 Å². The fraction of sp³-hybridized carbons (Fsp3) is 1.00. The molecule has 3 heteroatoms. The summed E-state index contributed by atoms with van der Waals surface area (Å²) in [5.41, 5.74) is 5.36. The van der Waals surface area contributed by atoms with Crippen molar-refractivity contribution in [2.75, 3.05) is 39.9 Å². The molecule has 0 rings (SSSR count). The maximum atomic E-state index is 5.43. The van der Waals surface area contributed by atoms with Crippen LogP contribution in [-0.2, 0) is 4.74 Å². The molecule has 0 aliphatic carbocycles. The molecule has 0 fully saturated rings. The number of nitrogens with two attached hydrogens (primary N) is 1. The number of hydrogen-bond donors (Lipinski definition) is 1. The van der Waals surface area contributed by atoms with Crippen LogP contribution in [0, 0.1) is 5.92 Å². The van der Waals surface area contributed by atoms with Crippen molar-refractivity contribution in [3.63, 3.8) is 0 Å². The Morgan fingerprint density at radius 3 is 2.50 bits per heavy atom. The Morgan fingerprint density at radius 1 is 1.21 bits per heavy atom. The van der Waals surface area contributed by atoms with E-state index in [-0.39, 0.29) is 0 Å². The van der Waals surface area contributed by atoms with Crippen molar-refractivity contribution >= 4 is 0 Å². The van der Waals surface area contributed by atoms with E-state index in [1.54, 1.807) is 0 Å². The standard InChI is InChI=1S/C11H26N2O/c1-11(2)5-7-13(3)8-10-14-9-4-6-12/h11H,4-10,12H2,1-3H3. The van der Waals surface area contributed by atoms with Gasteiger partial charge >= 0.3 is 0 Å². The zero-order valence-electron chi connectivity index (χ0n) is 9.96. The molecule has 0 heterocycles. The largest absolute Gasteiger partial charge is 0.380 e. The van der Waals surface area contributed by atoms with Crippen molar-refractivity contribution < 1.29 is 4.74 Å². The van der Waals surface area contributed by atoms with Gasteiger partial charge in [-0.1, -0.05) is 13.8 Å².